The van der Waals surface area contributed by atoms with Gasteiger partial charge in [0.1, 0.15) is 0 Å². The largest absolute Gasteiger partial charge is 0.465 e. The minimum atomic E-state index is -0.376. The molecule has 0 saturated heterocycles. The van der Waals surface area contributed by atoms with Gasteiger partial charge in [-0.2, -0.15) is 0 Å². The van der Waals surface area contributed by atoms with Gasteiger partial charge in [-0.25, -0.2) is 4.79 Å². The number of benzene rings is 1. The molecule has 1 aromatic carbocycles. The number of Topliss-reactive ketones (excluding diaryl/α,β-unsaturated/α-hetero) is 1. The summed E-state index contributed by atoms with van der Waals surface area (Å²) < 4.78 is 5.48. The number of halogens is 1. The maximum Gasteiger partial charge on any atom is 0.338 e. The van der Waals surface area contributed by atoms with Gasteiger partial charge in [0, 0.05) is 16.5 Å². The number of ether oxygens (including phenoxy) is 1. The van der Waals surface area contributed by atoms with E-state index in [9.17, 15) is 9.59 Å². The average molecular weight is 283 g/mol. The van der Waals surface area contributed by atoms with E-state index in [0.29, 0.717) is 17.5 Å². The first-order valence-electron chi connectivity index (χ1n) is 5.08. The highest BCUT2D eigenvalue weighted by Gasteiger charge is 2.25. The molecule has 0 unspecified atom stereocenters. The smallest absolute Gasteiger partial charge is 0.338 e. The number of rotatable bonds is 1. The molecule has 2 rings (SSSR count). The molecule has 0 spiro atoms. The molecule has 0 bridgehead atoms. The van der Waals surface area contributed by atoms with Crippen LogP contribution in [-0.4, -0.2) is 18.9 Å². The van der Waals surface area contributed by atoms with Crippen LogP contribution < -0.4 is 0 Å². The van der Waals surface area contributed by atoms with Crippen molar-refractivity contribution in [2.75, 3.05) is 7.11 Å². The highest BCUT2D eigenvalue weighted by molar-refractivity contribution is 9.10. The van der Waals surface area contributed by atoms with E-state index in [0.717, 1.165) is 22.9 Å². The van der Waals surface area contributed by atoms with Crippen LogP contribution in [0.2, 0.25) is 0 Å². The van der Waals surface area contributed by atoms with Crippen LogP contribution in [0.25, 0.3) is 0 Å². The normalized spacial score (nSPS) is 14.5. The Morgan fingerprint density at radius 2 is 2.12 bits per heavy atom. The van der Waals surface area contributed by atoms with Crippen molar-refractivity contribution in [3.05, 3.63) is 33.3 Å². The van der Waals surface area contributed by atoms with Gasteiger partial charge >= 0.3 is 5.97 Å². The molecule has 84 valence electrons. The molecule has 0 aliphatic heterocycles. The lowest BCUT2D eigenvalue weighted by molar-refractivity contribution is 0.0599. The molecule has 16 heavy (non-hydrogen) atoms. The van der Waals surface area contributed by atoms with Crippen LogP contribution in [0.15, 0.2) is 16.6 Å². The van der Waals surface area contributed by atoms with Gasteiger partial charge in [0.25, 0.3) is 0 Å². The SMILES string of the molecule is COC(=O)c1ccc(Br)c2c1CCCC2=O. The number of hydrogen-bond donors (Lipinski definition) is 0. The van der Waals surface area contributed by atoms with Gasteiger partial charge in [-0.05, 0) is 30.5 Å². The molecule has 0 heterocycles. The first-order valence-corrected chi connectivity index (χ1v) is 5.87. The number of carbonyl (C=O) groups excluding carboxylic acids is 2. The van der Waals surface area contributed by atoms with Crippen molar-refractivity contribution >= 4 is 27.7 Å². The highest BCUT2D eigenvalue weighted by atomic mass is 79.9. The van der Waals surface area contributed by atoms with Crippen LogP contribution in [-0.2, 0) is 11.2 Å². The third-order valence-corrected chi connectivity index (χ3v) is 3.44. The summed E-state index contributed by atoms with van der Waals surface area (Å²) in [6.45, 7) is 0. The van der Waals surface area contributed by atoms with Crippen LogP contribution in [0.3, 0.4) is 0 Å². The van der Waals surface area contributed by atoms with E-state index in [-0.39, 0.29) is 11.8 Å². The van der Waals surface area contributed by atoms with Gasteiger partial charge in [0.15, 0.2) is 5.78 Å². The van der Waals surface area contributed by atoms with E-state index in [1.165, 1.54) is 7.11 Å². The Morgan fingerprint density at radius 1 is 1.38 bits per heavy atom. The first-order chi connectivity index (χ1) is 7.65. The summed E-state index contributed by atoms with van der Waals surface area (Å²) in [6.07, 6.45) is 2.10. The number of esters is 1. The van der Waals surface area contributed by atoms with Crippen molar-refractivity contribution in [1.82, 2.24) is 0 Å². The number of ketones is 1. The van der Waals surface area contributed by atoms with E-state index in [1.54, 1.807) is 12.1 Å². The molecule has 4 heteroatoms. The van der Waals surface area contributed by atoms with Gasteiger partial charge in [-0.3, -0.25) is 4.79 Å². The molecule has 0 saturated carbocycles. The van der Waals surface area contributed by atoms with Crippen molar-refractivity contribution in [3.63, 3.8) is 0 Å². The molecule has 1 aliphatic rings. The number of hydrogen-bond acceptors (Lipinski definition) is 3. The second-order valence-electron chi connectivity index (χ2n) is 3.72. The van der Waals surface area contributed by atoms with Gasteiger partial charge in [-0.15, -0.1) is 0 Å². The molecule has 1 aliphatic carbocycles. The topological polar surface area (TPSA) is 43.4 Å². The molecule has 0 atom stereocenters. The Bertz CT molecular complexity index is 466. The highest BCUT2D eigenvalue weighted by Crippen LogP contribution is 2.31. The monoisotopic (exact) mass is 282 g/mol. The zero-order chi connectivity index (χ0) is 11.7. The van der Waals surface area contributed by atoms with Crippen LogP contribution in [0.1, 0.15) is 39.1 Å². The fourth-order valence-corrected chi connectivity index (χ4v) is 2.62. The fraction of sp³-hybridized carbons (Fsp3) is 0.333. The summed E-state index contributed by atoms with van der Waals surface area (Å²) in [5.41, 5.74) is 1.97. The van der Waals surface area contributed by atoms with Crippen molar-refractivity contribution in [1.29, 1.82) is 0 Å². The van der Waals surface area contributed by atoms with E-state index < -0.39 is 0 Å². The van der Waals surface area contributed by atoms with Crippen LogP contribution >= 0.6 is 15.9 Å². The predicted octanol–water partition coefficient (Wildman–Crippen LogP) is 2.75. The maximum atomic E-state index is 11.8. The van der Waals surface area contributed by atoms with Crippen LogP contribution in [0.4, 0.5) is 0 Å². The molecule has 0 aromatic heterocycles. The number of methoxy groups -OCH3 is 1. The molecule has 1 aromatic rings. The molecule has 3 nitrogen and oxygen atoms in total. The van der Waals surface area contributed by atoms with Crippen molar-refractivity contribution < 1.29 is 14.3 Å². The van der Waals surface area contributed by atoms with Crippen LogP contribution in [0.5, 0.6) is 0 Å². The van der Waals surface area contributed by atoms with Crippen molar-refractivity contribution in [3.8, 4) is 0 Å². The lowest BCUT2D eigenvalue weighted by Gasteiger charge is -2.18. The molecule has 0 N–H and O–H groups in total. The first kappa shape index (κ1) is 11.3. The van der Waals surface area contributed by atoms with E-state index in [1.807, 2.05) is 0 Å². The second kappa shape index (κ2) is 4.37. The Balaban J connectivity index is 2.62. The lowest BCUT2D eigenvalue weighted by atomic mass is 9.87. The maximum absolute atomic E-state index is 11.8. The number of fused-ring (bicyclic) bond motifs is 1. The Hall–Kier alpha value is -1.16. The molecule has 0 amide bonds. The summed E-state index contributed by atoms with van der Waals surface area (Å²) in [6, 6.07) is 3.43. The lowest BCUT2D eigenvalue weighted by Crippen LogP contribution is -2.16. The number of carbonyl (C=O) groups is 2. The molecule has 0 radical (unpaired) electrons. The minimum Gasteiger partial charge on any atom is -0.465 e. The van der Waals surface area contributed by atoms with Crippen molar-refractivity contribution in [2.24, 2.45) is 0 Å². The van der Waals surface area contributed by atoms with Gasteiger partial charge in [0.05, 0.1) is 12.7 Å². The zero-order valence-electron chi connectivity index (χ0n) is 8.88. The zero-order valence-corrected chi connectivity index (χ0v) is 10.5. The third-order valence-electron chi connectivity index (χ3n) is 2.78. The summed E-state index contributed by atoms with van der Waals surface area (Å²) in [5, 5.41) is 0. The van der Waals surface area contributed by atoms with E-state index in [2.05, 4.69) is 15.9 Å². The standard InChI is InChI=1S/C12H11BrO3/c1-16-12(15)8-5-6-9(13)11-7(8)3-2-4-10(11)14/h5-6H,2-4H2,1H3. The molecule has 0 fully saturated rings. The quantitative estimate of drug-likeness (QED) is 0.744. The molecular formula is C12H11BrO3. The fourth-order valence-electron chi connectivity index (χ4n) is 2.03. The Kier molecular flexibility index (Phi) is 3.10. The predicted molar refractivity (Wildman–Crippen MR) is 62.8 cm³/mol. The Morgan fingerprint density at radius 3 is 2.81 bits per heavy atom. The minimum absolute atomic E-state index is 0.0962. The summed E-state index contributed by atoms with van der Waals surface area (Å²) >= 11 is 3.35. The van der Waals surface area contributed by atoms with Crippen LogP contribution in [0, 0.1) is 0 Å². The van der Waals surface area contributed by atoms with Crippen molar-refractivity contribution in [2.45, 2.75) is 19.3 Å². The summed E-state index contributed by atoms with van der Waals surface area (Å²) in [5.74, 6) is -0.280. The van der Waals surface area contributed by atoms with E-state index in [4.69, 9.17) is 4.74 Å². The van der Waals surface area contributed by atoms with E-state index >= 15 is 0 Å². The summed E-state index contributed by atoms with van der Waals surface area (Å²) in [4.78, 5) is 23.3. The van der Waals surface area contributed by atoms with Gasteiger partial charge < -0.3 is 4.74 Å². The average Bonchev–Trinajstić information content (AvgIpc) is 2.28. The molecular weight excluding hydrogens is 272 g/mol. The van der Waals surface area contributed by atoms with Gasteiger partial charge in [-0.1, -0.05) is 15.9 Å². The Labute approximate surface area is 102 Å². The van der Waals surface area contributed by atoms with Gasteiger partial charge in [0.2, 0.25) is 0 Å². The second-order valence-corrected chi connectivity index (χ2v) is 4.57. The summed E-state index contributed by atoms with van der Waals surface area (Å²) in [7, 11) is 1.35. The third kappa shape index (κ3) is 1.78.